The van der Waals surface area contributed by atoms with E-state index in [4.69, 9.17) is 0 Å². The van der Waals surface area contributed by atoms with Crippen molar-refractivity contribution in [2.24, 2.45) is 0 Å². The van der Waals surface area contributed by atoms with Gasteiger partial charge in [-0.25, -0.2) is 0 Å². The topological polar surface area (TPSA) is 32.3 Å². The van der Waals surface area contributed by atoms with Crippen LogP contribution in [0.2, 0.25) is 0 Å². The molecule has 1 N–H and O–H groups in total. The second-order valence-corrected chi connectivity index (χ2v) is 4.92. The van der Waals surface area contributed by atoms with Crippen LogP contribution in [-0.4, -0.2) is 37.5 Å². The summed E-state index contributed by atoms with van der Waals surface area (Å²) in [6, 6.07) is 10.0. The molecule has 1 heterocycles. The first-order valence-electron chi connectivity index (χ1n) is 8.61. The van der Waals surface area contributed by atoms with E-state index in [1.54, 1.807) is 19.0 Å². The Balaban J connectivity index is 0. The van der Waals surface area contributed by atoms with E-state index in [2.05, 4.69) is 12.2 Å². The highest BCUT2D eigenvalue weighted by Gasteiger charge is 2.05. The molecule has 1 saturated heterocycles. The second kappa shape index (κ2) is 16.0. The minimum Gasteiger partial charge on any atom is -0.345 e. The van der Waals surface area contributed by atoms with Gasteiger partial charge in [0.25, 0.3) is 5.91 Å². The number of nitrogens with one attached hydrogen (secondary N) is 1. The van der Waals surface area contributed by atoms with Crippen LogP contribution in [0.4, 0.5) is 0 Å². The summed E-state index contributed by atoms with van der Waals surface area (Å²) in [7, 11) is 3.49. The summed E-state index contributed by atoms with van der Waals surface area (Å²) in [6.07, 6.45) is 4.18. The molecule has 1 aromatic carbocycles. The van der Waals surface area contributed by atoms with Crippen LogP contribution in [0, 0.1) is 0 Å². The predicted molar refractivity (Wildman–Crippen MR) is 98.5 cm³/mol. The molecule has 1 aromatic rings. The highest BCUT2D eigenvalue weighted by atomic mass is 16.2. The number of piperidine rings is 1. The fourth-order valence-corrected chi connectivity index (χ4v) is 1.86. The highest BCUT2D eigenvalue weighted by molar-refractivity contribution is 5.93. The Morgan fingerprint density at radius 3 is 1.91 bits per heavy atom. The molecule has 2 rings (SSSR count). The van der Waals surface area contributed by atoms with Crippen molar-refractivity contribution in [3.05, 3.63) is 35.9 Å². The van der Waals surface area contributed by atoms with Gasteiger partial charge in [-0.3, -0.25) is 4.79 Å². The zero-order valence-electron chi connectivity index (χ0n) is 15.6. The van der Waals surface area contributed by atoms with Crippen molar-refractivity contribution in [3.8, 4) is 0 Å². The van der Waals surface area contributed by atoms with E-state index < -0.39 is 0 Å². The SMILES string of the molecule is CC.CC.CC1CCCCN1.CN(C)C(=O)c1ccccc1. The molecular weight excluding hydrogens is 272 g/mol. The summed E-state index contributed by atoms with van der Waals surface area (Å²) in [6.45, 7) is 11.5. The number of amides is 1. The Labute approximate surface area is 138 Å². The monoisotopic (exact) mass is 308 g/mol. The molecule has 0 radical (unpaired) electrons. The third-order valence-electron chi connectivity index (χ3n) is 2.98. The van der Waals surface area contributed by atoms with Gasteiger partial charge in [-0.15, -0.1) is 0 Å². The largest absolute Gasteiger partial charge is 0.345 e. The summed E-state index contributed by atoms with van der Waals surface area (Å²) < 4.78 is 0. The Kier molecular flexibility index (Phi) is 16.7. The van der Waals surface area contributed by atoms with E-state index in [0.29, 0.717) is 0 Å². The van der Waals surface area contributed by atoms with Gasteiger partial charge in [-0.2, -0.15) is 0 Å². The van der Waals surface area contributed by atoms with Crippen molar-refractivity contribution >= 4 is 5.91 Å². The average molecular weight is 309 g/mol. The molecule has 3 nitrogen and oxygen atoms in total. The molecule has 1 aliphatic rings. The van der Waals surface area contributed by atoms with Crippen molar-refractivity contribution in [2.75, 3.05) is 20.6 Å². The van der Waals surface area contributed by atoms with Gasteiger partial charge in [0, 0.05) is 25.7 Å². The van der Waals surface area contributed by atoms with Crippen LogP contribution in [0.5, 0.6) is 0 Å². The summed E-state index contributed by atoms with van der Waals surface area (Å²) in [5.74, 6) is 0.0469. The first-order chi connectivity index (χ1) is 10.6. The maximum absolute atomic E-state index is 11.3. The van der Waals surface area contributed by atoms with Crippen LogP contribution in [0.15, 0.2) is 30.3 Å². The van der Waals surface area contributed by atoms with E-state index in [1.807, 2.05) is 58.0 Å². The lowest BCUT2D eigenvalue weighted by Gasteiger charge is -2.18. The maximum atomic E-state index is 11.3. The molecule has 3 heteroatoms. The van der Waals surface area contributed by atoms with Crippen molar-refractivity contribution < 1.29 is 4.79 Å². The molecule has 128 valence electrons. The fourth-order valence-electron chi connectivity index (χ4n) is 1.86. The van der Waals surface area contributed by atoms with Crippen LogP contribution in [-0.2, 0) is 0 Å². The van der Waals surface area contributed by atoms with Gasteiger partial charge < -0.3 is 10.2 Å². The highest BCUT2D eigenvalue weighted by Crippen LogP contribution is 2.04. The molecule has 0 spiro atoms. The van der Waals surface area contributed by atoms with Crippen LogP contribution in [0.3, 0.4) is 0 Å². The Hall–Kier alpha value is -1.35. The first-order valence-corrected chi connectivity index (χ1v) is 8.61. The smallest absolute Gasteiger partial charge is 0.253 e. The van der Waals surface area contributed by atoms with Crippen LogP contribution >= 0.6 is 0 Å². The lowest BCUT2D eigenvalue weighted by Crippen LogP contribution is -2.30. The van der Waals surface area contributed by atoms with Crippen molar-refractivity contribution in [2.45, 2.75) is 59.9 Å². The first kappa shape index (κ1) is 22.9. The maximum Gasteiger partial charge on any atom is 0.253 e. The summed E-state index contributed by atoms with van der Waals surface area (Å²) in [4.78, 5) is 12.8. The lowest BCUT2D eigenvalue weighted by atomic mass is 10.1. The Morgan fingerprint density at radius 2 is 1.59 bits per heavy atom. The molecule has 1 fully saturated rings. The number of nitrogens with zero attached hydrogens (tertiary/aromatic N) is 1. The zero-order chi connectivity index (χ0) is 17.4. The summed E-state index contributed by atoms with van der Waals surface area (Å²) in [5, 5.41) is 3.38. The van der Waals surface area contributed by atoms with Crippen LogP contribution in [0.25, 0.3) is 0 Å². The number of hydrogen-bond acceptors (Lipinski definition) is 2. The number of hydrogen-bond donors (Lipinski definition) is 1. The van der Waals surface area contributed by atoms with E-state index in [0.717, 1.165) is 11.6 Å². The third-order valence-corrected chi connectivity index (χ3v) is 2.98. The molecule has 1 aliphatic heterocycles. The van der Waals surface area contributed by atoms with Crippen molar-refractivity contribution in [3.63, 3.8) is 0 Å². The molecule has 1 unspecified atom stereocenters. The summed E-state index contributed by atoms with van der Waals surface area (Å²) in [5.41, 5.74) is 0.734. The fraction of sp³-hybridized carbons (Fsp3) is 0.632. The van der Waals surface area contributed by atoms with E-state index in [9.17, 15) is 4.79 Å². The standard InChI is InChI=1S/C9H11NO.C6H13N.2C2H6/c1-10(2)9(11)8-6-4-3-5-7-8;1-6-4-2-3-5-7-6;2*1-2/h3-7H,1-2H3;6-7H,2-5H2,1H3;2*1-2H3. The van der Waals surface area contributed by atoms with Gasteiger partial charge >= 0.3 is 0 Å². The molecular formula is C19H36N2O. The predicted octanol–water partition coefficient (Wildman–Crippen LogP) is 4.59. The van der Waals surface area contributed by atoms with Gasteiger partial charge in [0.05, 0.1) is 0 Å². The molecule has 0 bridgehead atoms. The summed E-state index contributed by atoms with van der Waals surface area (Å²) >= 11 is 0. The minimum absolute atomic E-state index is 0.0469. The molecule has 0 aromatic heterocycles. The number of carbonyl (C=O) groups excluding carboxylic acids is 1. The van der Waals surface area contributed by atoms with Gasteiger partial charge in [0.15, 0.2) is 0 Å². The van der Waals surface area contributed by atoms with Crippen molar-refractivity contribution in [1.29, 1.82) is 0 Å². The number of rotatable bonds is 1. The molecule has 0 saturated carbocycles. The van der Waals surface area contributed by atoms with Gasteiger partial charge in [-0.05, 0) is 38.4 Å². The quantitative estimate of drug-likeness (QED) is 0.823. The second-order valence-electron chi connectivity index (χ2n) is 4.92. The van der Waals surface area contributed by atoms with Gasteiger partial charge in [-0.1, -0.05) is 52.3 Å². The Morgan fingerprint density at radius 1 is 1.05 bits per heavy atom. The normalized spacial score (nSPS) is 15.7. The van der Waals surface area contributed by atoms with Gasteiger partial charge in [0.1, 0.15) is 0 Å². The molecule has 22 heavy (non-hydrogen) atoms. The zero-order valence-corrected chi connectivity index (χ0v) is 15.6. The number of benzene rings is 1. The van der Waals surface area contributed by atoms with E-state index in [1.165, 1.54) is 25.8 Å². The molecule has 0 aliphatic carbocycles. The van der Waals surface area contributed by atoms with Crippen LogP contribution in [0.1, 0.15) is 64.2 Å². The van der Waals surface area contributed by atoms with E-state index in [-0.39, 0.29) is 5.91 Å². The lowest BCUT2D eigenvalue weighted by molar-refractivity contribution is 0.0827. The average Bonchev–Trinajstić information content (AvgIpc) is 2.60. The molecule has 1 atom stereocenters. The Bertz CT molecular complexity index is 344. The van der Waals surface area contributed by atoms with Gasteiger partial charge in [0.2, 0.25) is 0 Å². The van der Waals surface area contributed by atoms with E-state index >= 15 is 0 Å². The van der Waals surface area contributed by atoms with Crippen LogP contribution < -0.4 is 5.32 Å². The van der Waals surface area contributed by atoms with Crippen molar-refractivity contribution in [1.82, 2.24) is 10.2 Å². The molecule has 1 amide bonds. The minimum atomic E-state index is 0.0469. The third kappa shape index (κ3) is 11.3. The number of carbonyl (C=O) groups is 1.